The van der Waals surface area contributed by atoms with Crippen LogP contribution in [0.4, 0.5) is 0 Å². The van der Waals surface area contributed by atoms with Crippen LogP contribution in [-0.4, -0.2) is 49.7 Å². The molecule has 8 heteroatoms. The van der Waals surface area contributed by atoms with Gasteiger partial charge in [-0.3, -0.25) is 4.79 Å². The van der Waals surface area contributed by atoms with E-state index in [9.17, 15) is 13.2 Å². The highest BCUT2D eigenvalue weighted by molar-refractivity contribution is 9.10. The van der Waals surface area contributed by atoms with Crippen LogP contribution in [0, 0.1) is 11.3 Å². The summed E-state index contributed by atoms with van der Waals surface area (Å²) in [6, 6.07) is 15.7. The van der Waals surface area contributed by atoms with Gasteiger partial charge in [-0.1, -0.05) is 28.1 Å². The number of hydrogen-bond donors (Lipinski definition) is 0. The van der Waals surface area contributed by atoms with Gasteiger partial charge < -0.3 is 4.90 Å². The van der Waals surface area contributed by atoms with Crippen molar-refractivity contribution in [3.05, 3.63) is 64.1 Å². The van der Waals surface area contributed by atoms with Crippen molar-refractivity contribution in [1.29, 1.82) is 5.26 Å². The maximum absolute atomic E-state index is 12.7. The Hall–Kier alpha value is -2.21. The van der Waals surface area contributed by atoms with Crippen LogP contribution >= 0.6 is 15.9 Å². The molecule has 0 bridgehead atoms. The summed E-state index contributed by atoms with van der Waals surface area (Å²) < 4.78 is 27.9. The Bertz CT molecular complexity index is 992. The lowest BCUT2D eigenvalue weighted by atomic mass is 10.1. The Morgan fingerprint density at radius 3 is 2.36 bits per heavy atom. The monoisotopic (exact) mass is 461 g/mol. The van der Waals surface area contributed by atoms with E-state index in [2.05, 4.69) is 15.9 Å². The third kappa shape index (κ3) is 4.79. The lowest BCUT2D eigenvalue weighted by Gasteiger charge is -2.34. The molecule has 1 aliphatic heterocycles. The molecule has 2 aromatic carbocycles. The summed E-state index contributed by atoms with van der Waals surface area (Å²) in [7, 11) is -3.62. The number of benzene rings is 2. The SMILES string of the molecule is N#Cc1ccc(S(=O)(=O)N2CCN(C(=O)CCc3cccc(Br)c3)CC2)cc1. The summed E-state index contributed by atoms with van der Waals surface area (Å²) in [5.41, 5.74) is 1.50. The zero-order chi connectivity index (χ0) is 20.1. The van der Waals surface area contributed by atoms with Crippen LogP contribution in [0.15, 0.2) is 57.9 Å². The first kappa shape index (κ1) is 20.5. The van der Waals surface area contributed by atoms with E-state index in [-0.39, 0.29) is 23.9 Å². The van der Waals surface area contributed by atoms with Gasteiger partial charge in [-0.05, 0) is 48.4 Å². The summed E-state index contributed by atoms with van der Waals surface area (Å²) >= 11 is 3.42. The topological polar surface area (TPSA) is 81.5 Å². The molecule has 1 amide bonds. The molecular formula is C20H20BrN3O3S. The molecule has 2 aromatic rings. The van der Waals surface area contributed by atoms with Gasteiger partial charge in [0.1, 0.15) is 0 Å². The van der Waals surface area contributed by atoms with Crippen LogP contribution in [0.1, 0.15) is 17.5 Å². The fourth-order valence-electron chi connectivity index (χ4n) is 3.13. The first-order valence-corrected chi connectivity index (χ1v) is 11.2. The Morgan fingerprint density at radius 1 is 1.07 bits per heavy atom. The van der Waals surface area contributed by atoms with Gasteiger partial charge in [-0.15, -0.1) is 0 Å². The van der Waals surface area contributed by atoms with Crippen molar-refractivity contribution in [2.45, 2.75) is 17.7 Å². The molecule has 3 rings (SSSR count). The van der Waals surface area contributed by atoms with Gasteiger partial charge in [0, 0.05) is 37.1 Å². The van der Waals surface area contributed by atoms with Crippen LogP contribution in [0.5, 0.6) is 0 Å². The number of hydrogen-bond acceptors (Lipinski definition) is 4. The van der Waals surface area contributed by atoms with E-state index in [1.54, 1.807) is 4.90 Å². The van der Waals surface area contributed by atoms with Crippen molar-refractivity contribution in [2.75, 3.05) is 26.2 Å². The summed E-state index contributed by atoms with van der Waals surface area (Å²) in [4.78, 5) is 14.4. The molecule has 1 fully saturated rings. The number of nitriles is 1. The summed E-state index contributed by atoms with van der Waals surface area (Å²) in [6.45, 7) is 1.30. The normalized spacial score (nSPS) is 15.2. The lowest BCUT2D eigenvalue weighted by Crippen LogP contribution is -2.50. The molecule has 0 spiro atoms. The third-order valence-electron chi connectivity index (χ3n) is 4.73. The van der Waals surface area contributed by atoms with Crippen LogP contribution in [0.3, 0.4) is 0 Å². The van der Waals surface area contributed by atoms with E-state index in [0.717, 1.165) is 10.0 Å². The molecule has 0 saturated carbocycles. The van der Waals surface area contributed by atoms with Crippen molar-refractivity contribution < 1.29 is 13.2 Å². The van der Waals surface area contributed by atoms with Crippen molar-refractivity contribution in [2.24, 2.45) is 0 Å². The molecule has 6 nitrogen and oxygen atoms in total. The Morgan fingerprint density at radius 2 is 1.75 bits per heavy atom. The molecular weight excluding hydrogens is 442 g/mol. The predicted octanol–water partition coefficient (Wildman–Crippen LogP) is 2.79. The van der Waals surface area contributed by atoms with Crippen molar-refractivity contribution in [3.63, 3.8) is 0 Å². The number of rotatable bonds is 5. The summed E-state index contributed by atoms with van der Waals surface area (Å²) in [5.74, 6) is 0.0374. The van der Waals surface area contributed by atoms with Gasteiger partial charge >= 0.3 is 0 Å². The van der Waals surface area contributed by atoms with Gasteiger partial charge in [0.15, 0.2) is 0 Å². The fraction of sp³-hybridized carbons (Fsp3) is 0.300. The van der Waals surface area contributed by atoms with E-state index < -0.39 is 10.0 Å². The number of sulfonamides is 1. The van der Waals surface area contributed by atoms with E-state index in [1.807, 2.05) is 30.3 Å². The Labute approximate surface area is 173 Å². The molecule has 146 valence electrons. The second kappa shape index (κ2) is 8.86. The van der Waals surface area contributed by atoms with E-state index in [4.69, 9.17) is 5.26 Å². The molecule has 0 N–H and O–H groups in total. The minimum absolute atomic E-state index is 0.0374. The zero-order valence-corrected chi connectivity index (χ0v) is 17.6. The molecule has 1 saturated heterocycles. The van der Waals surface area contributed by atoms with E-state index in [0.29, 0.717) is 31.5 Å². The number of halogens is 1. The maximum atomic E-state index is 12.7. The quantitative estimate of drug-likeness (QED) is 0.685. The second-order valence-electron chi connectivity index (χ2n) is 6.55. The fourth-order valence-corrected chi connectivity index (χ4v) is 5.00. The molecule has 0 unspecified atom stereocenters. The Balaban J connectivity index is 1.55. The number of piperazine rings is 1. The predicted molar refractivity (Wildman–Crippen MR) is 109 cm³/mol. The summed E-state index contributed by atoms with van der Waals surface area (Å²) in [5, 5.41) is 8.84. The van der Waals surface area contributed by atoms with Crippen molar-refractivity contribution in [3.8, 4) is 6.07 Å². The average molecular weight is 462 g/mol. The molecule has 0 aliphatic carbocycles. The van der Waals surface area contributed by atoms with Gasteiger partial charge in [-0.2, -0.15) is 9.57 Å². The standard InChI is InChI=1S/C20H20BrN3O3S/c21-18-3-1-2-16(14-18)6-9-20(25)23-10-12-24(13-11-23)28(26,27)19-7-4-17(15-22)5-8-19/h1-5,7-8,14H,6,9-13H2. The first-order valence-electron chi connectivity index (χ1n) is 8.93. The van der Waals surface area contributed by atoms with Crippen molar-refractivity contribution >= 4 is 31.9 Å². The van der Waals surface area contributed by atoms with Gasteiger partial charge in [0.25, 0.3) is 0 Å². The molecule has 28 heavy (non-hydrogen) atoms. The highest BCUT2D eigenvalue weighted by Crippen LogP contribution is 2.19. The minimum Gasteiger partial charge on any atom is -0.340 e. The number of amides is 1. The van der Waals surface area contributed by atoms with Crippen molar-refractivity contribution in [1.82, 2.24) is 9.21 Å². The molecule has 0 atom stereocenters. The number of nitrogens with zero attached hydrogens (tertiary/aromatic N) is 3. The van der Waals surface area contributed by atoms with Gasteiger partial charge in [0.05, 0.1) is 16.5 Å². The molecule has 0 radical (unpaired) electrons. The lowest BCUT2D eigenvalue weighted by molar-refractivity contribution is -0.132. The van der Waals surface area contributed by atoms with Crippen LogP contribution < -0.4 is 0 Å². The summed E-state index contributed by atoms with van der Waals surface area (Å²) in [6.07, 6.45) is 1.06. The number of carbonyl (C=O) groups excluding carboxylic acids is 1. The number of aryl methyl sites for hydroxylation is 1. The number of carbonyl (C=O) groups is 1. The van der Waals surface area contributed by atoms with E-state index >= 15 is 0 Å². The van der Waals surface area contributed by atoms with Crippen LogP contribution in [-0.2, 0) is 21.2 Å². The van der Waals surface area contributed by atoms with Crippen LogP contribution in [0.25, 0.3) is 0 Å². The highest BCUT2D eigenvalue weighted by atomic mass is 79.9. The smallest absolute Gasteiger partial charge is 0.243 e. The molecule has 1 aliphatic rings. The highest BCUT2D eigenvalue weighted by Gasteiger charge is 2.29. The first-order chi connectivity index (χ1) is 13.4. The largest absolute Gasteiger partial charge is 0.340 e. The Kier molecular flexibility index (Phi) is 6.50. The minimum atomic E-state index is -3.62. The van der Waals surface area contributed by atoms with Crippen LogP contribution in [0.2, 0.25) is 0 Å². The zero-order valence-electron chi connectivity index (χ0n) is 15.2. The van der Waals surface area contributed by atoms with Gasteiger partial charge in [-0.25, -0.2) is 8.42 Å². The second-order valence-corrected chi connectivity index (χ2v) is 9.40. The maximum Gasteiger partial charge on any atom is 0.243 e. The third-order valence-corrected chi connectivity index (χ3v) is 7.14. The van der Waals surface area contributed by atoms with E-state index in [1.165, 1.54) is 28.6 Å². The average Bonchev–Trinajstić information content (AvgIpc) is 2.72. The molecule has 1 heterocycles. The molecule has 0 aromatic heterocycles. The van der Waals surface area contributed by atoms with Gasteiger partial charge in [0.2, 0.25) is 15.9 Å².